The van der Waals surface area contributed by atoms with Gasteiger partial charge >= 0.3 is 6.03 Å². The third-order valence-corrected chi connectivity index (χ3v) is 7.33. The second kappa shape index (κ2) is 5.99. The number of fused-ring (bicyclic) bond motifs is 1. The molecular formula is C19H19ClN2O3S. The molecule has 4 rings (SSSR count). The standard InChI is InChI=1S/C19H19ClN2O3S/c1-12-6-5-9-15(13(12)2)21-17-10-26(24,25)11-18(17)22(19(21)23)16-8-4-3-7-14(16)20/h3-9,17-18H,10-11H2,1-2H3/t17-,18-/m0/s1. The maximum atomic E-state index is 13.3. The molecule has 2 aromatic carbocycles. The van der Waals surface area contributed by atoms with Gasteiger partial charge in [-0.05, 0) is 43.2 Å². The number of aryl methyl sites for hydroxylation is 1. The second-order valence-corrected chi connectivity index (χ2v) is 9.47. The van der Waals surface area contributed by atoms with Gasteiger partial charge in [-0.2, -0.15) is 0 Å². The first-order valence-corrected chi connectivity index (χ1v) is 10.6. The Balaban J connectivity index is 1.87. The molecule has 0 spiro atoms. The number of carbonyl (C=O) groups excluding carboxylic acids is 1. The summed E-state index contributed by atoms with van der Waals surface area (Å²) in [5.74, 6) is -0.0757. The summed E-state index contributed by atoms with van der Waals surface area (Å²) in [5, 5.41) is 0.437. The zero-order chi connectivity index (χ0) is 18.6. The van der Waals surface area contributed by atoms with E-state index < -0.39 is 21.9 Å². The second-order valence-electron chi connectivity index (χ2n) is 6.90. The maximum Gasteiger partial charge on any atom is 0.329 e. The van der Waals surface area contributed by atoms with E-state index in [1.54, 1.807) is 34.1 Å². The number of benzene rings is 2. The highest BCUT2D eigenvalue weighted by Crippen LogP contribution is 2.41. The van der Waals surface area contributed by atoms with E-state index in [1.807, 2.05) is 32.0 Å². The molecule has 2 aliphatic heterocycles. The molecule has 7 heteroatoms. The third-order valence-electron chi connectivity index (χ3n) is 5.32. The molecule has 5 nitrogen and oxygen atoms in total. The van der Waals surface area contributed by atoms with Crippen molar-refractivity contribution in [1.29, 1.82) is 0 Å². The van der Waals surface area contributed by atoms with Crippen molar-refractivity contribution in [3.8, 4) is 0 Å². The van der Waals surface area contributed by atoms with Crippen LogP contribution in [0.5, 0.6) is 0 Å². The van der Waals surface area contributed by atoms with Crippen LogP contribution in [-0.4, -0.2) is 38.0 Å². The number of halogens is 1. The lowest BCUT2D eigenvalue weighted by atomic mass is 10.1. The normalized spacial score (nSPS) is 24.2. The summed E-state index contributed by atoms with van der Waals surface area (Å²) in [6, 6.07) is 11.7. The van der Waals surface area contributed by atoms with Gasteiger partial charge < -0.3 is 0 Å². The van der Waals surface area contributed by atoms with Crippen LogP contribution in [0.2, 0.25) is 5.02 Å². The first-order chi connectivity index (χ1) is 12.3. The minimum absolute atomic E-state index is 0.0300. The minimum atomic E-state index is -3.23. The summed E-state index contributed by atoms with van der Waals surface area (Å²) in [4.78, 5) is 16.5. The number of carbonyl (C=O) groups is 1. The summed E-state index contributed by atoms with van der Waals surface area (Å²) in [6.07, 6.45) is 0. The van der Waals surface area contributed by atoms with Crippen LogP contribution in [-0.2, 0) is 9.84 Å². The minimum Gasteiger partial charge on any atom is -0.288 e. The highest BCUT2D eigenvalue weighted by Gasteiger charge is 2.55. The molecule has 0 N–H and O–H groups in total. The van der Waals surface area contributed by atoms with E-state index in [1.165, 1.54) is 0 Å². The first kappa shape index (κ1) is 17.4. The Hall–Kier alpha value is -2.05. The van der Waals surface area contributed by atoms with Crippen LogP contribution in [0, 0.1) is 13.8 Å². The van der Waals surface area contributed by atoms with Crippen LogP contribution >= 0.6 is 11.6 Å². The number of hydrogen-bond donors (Lipinski definition) is 0. The monoisotopic (exact) mass is 390 g/mol. The van der Waals surface area contributed by atoms with Crippen molar-refractivity contribution in [3.05, 3.63) is 58.6 Å². The van der Waals surface area contributed by atoms with E-state index >= 15 is 0 Å². The van der Waals surface area contributed by atoms with Crippen LogP contribution < -0.4 is 9.80 Å². The fraction of sp³-hybridized carbons (Fsp3) is 0.316. The van der Waals surface area contributed by atoms with E-state index in [0.717, 1.165) is 16.8 Å². The highest BCUT2D eigenvalue weighted by molar-refractivity contribution is 7.91. The molecule has 0 bridgehead atoms. The molecule has 2 heterocycles. The molecule has 2 fully saturated rings. The lowest BCUT2D eigenvalue weighted by molar-refractivity contribution is 0.255. The number of para-hydroxylation sites is 1. The van der Waals surface area contributed by atoms with Crippen molar-refractivity contribution in [1.82, 2.24) is 0 Å². The molecule has 0 aliphatic carbocycles. The van der Waals surface area contributed by atoms with Gasteiger partial charge in [-0.3, -0.25) is 9.80 Å². The van der Waals surface area contributed by atoms with Gasteiger partial charge in [-0.25, -0.2) is 13.2 Å². The Morgan fingerprint density at radius 2 is 1.50 bits per heavy atom. The lowest BCUT2D eigenvalue weighted by Gasteiger charge is -2.25. The number of nitrogens with zero attached hydrogens (tertiary/aromatic N) is 2. The number of sulfone groups is 1. The Labute approximate surface area is 158 Å². The number of hydrogen-bond acceptors (Lipinski definition) is 3. The number of urea groups is 1. The molecule has 0 unspecified atom stereocenters. The average Bonchev–Trinajstić information content (AvgIpc) is 3.00. The topological polar surface area (TPSA) is 57.7 Å². The summed E-state index contributed by atoms with van der Waals surface area (Å²) in [7, 11) is -3.23. The van der Waals surface area contributed by atoms with Gasteiger partial charge in [0.2, 0.25) is 0 Å². The van der Waals surface area contributed by atoms with Crippen molar-refractivity contribution in [2.75, 3.05) is 21.3 Å². The predicted octanol–water partition coefficient (Wildman–Crippen LogP) is 3.57. The Kier molecular flexibility index (Phi) is 4.00. The van der Waals surface area contributed by atoms with Gasteiger partial charge in [-0.15, -0.1) is 0 Å². The highest BCUT2D eigenvalue weighted by atomic mass is 35.5. The molecule has 2 aliphatic rings. The first-order valence-electron chi connectivity index (χ1n) is 8.44. The molecule has 2 amide bonds. The van der Waals surface area contributed by atoms with Gasteiger partial charge in [0.15, 0.2) is 9.84 Å². The molecule has 2 atom stereocenters. The van der Waals surface area contributed by atoms with Crippen molar-refractivity contribution in [3.63, 3.8) is 0 Å². The lowest BCUT2D eigenvalue weighted by Crippen LogP contribution is -2.38. The molecule has 0 aromatic heterocycles. The zero-order valence-electron chi connectivity index (χ0n) is 14.5. The van der Waals surface area contributed by atoms with Crippen molar-refractivity contribution < 1.29 is 13.2 Å². The SMILES string of the molecule is Cc1cccc(N2C(=O)N(c3ccccc3Cl)[C@H]3CS(=O)(=O)C[C@@H]32)c1C. The summed E-state index contributed by atoms with van der Waals surface area (Å²) in [6.45, 7) is 3.93. The Morgan fingerprint density at radius 1 is 0.923 bits per heavy atom. The molecule has 136 valence electrons. The summed E-state index contributed by atoms with van der Waals surface area (Å²) < 4.78 is 24.7. The van der Waals surface area contributed by atoms with Gasteiger partial charge in [0.25, 0.3) is 0 Å². The van der Waals surface area contributed by atoms with Gasteiger partial charge in [0.1, 0.15) is 0 Å². The van der Waals surface area contributed by atoms with Gasteiger partial charge in [0.05, 0.1) is 34.3 Å². The average molecular weight is 391 g/mol. The number of rotatable bonds is 2. The molecule has 0 saturated carbocycles. The van der Waals surface area contributed by atoms with Crippen molar-refractivity contribution in [2.45, 2.75) is 25.9 Å². The molecule has 26 heavy (non-hydrogen) atoms. The fourth-order valence-corrected chi connectivity index (χ4v) is 6.06. The third kappa shape index (κ3) is 2.59. The Morgan fingerprint density at radius 3 is 2.15 bits per heavy atom. The molecule has 2 saturated heterocycles. The predicted molar refractivity (Wildman–Crippen MR) is 104 cm³/mol. The van der Waals surface area contributed by atoms with Crippen LogP contribution in [0.15, 0.2) is 42.5 Å². The van der Waals surface area contributed by atoms with Crippen molar-refractivity contribution in [2.24, 2.45) is 0 Å². The van der Waals surface area contributed by atoms with Crippen LogP contribution in [0.3, 0.4) is 0 Å². The summed E-state index contributed by atoms with van der Waals surface area (Å²) in [5.41, 5.74) is 3.35. The van der Waals surface area contributed by atoms with E-state index in [2.05, 4.69) is 0 Å². The molecule has 2 aromatic rings. The van der Waals surface area contributed by atoms with E-state index in [0.29, 0.717) is 10.7 Å². The largest absolute Gasteiger partial charge is 0.329 e. The Bertz CT molecular complexity index is 1010. The van der Waals surface area contributed by atoms with E-state index in [9.17, 15) is 13.2 Å². The van der Waals surface area contributed by atoms with Gasteiger partial charge in [-0.1, -0.05) is 35.9 Å². The zero-order valence-corrected chi connectivity index (χ0v) is 16.1. The molecular weight excluding hydrogens is 372 g/mol. The number of amides is 2. The molecule has 0 radical (unpaired) electrons. The van der Waals surface area contributed by atoms with E-state index in [-0.39, 0.29) is 17.5 Å². The van der Waals surface area contributed by atoms with Gasteiger partial charge in [0, 0.05) is 5.69 Å². The maximum absolute atomic E-state index is 13.3. The van der Waals surface area contributed by atoms with E-state index in [4.69, 9.17) is 11.6 Å². The van der Waals surface area contributed by atoms with Crippen molar-refractivity contribution >= 4 is 38.8 Å². The fourth-order valence-electron chi connectivity index (χ4n) is 3.91. The quantitative estimate of drug-likeness (QED) is 0.736. The van der Waals surface area contributed by atoms with Crippen LogP contribution in [0.1, 0.15) is 11.1 Å². The number of anilines is 2. The van der Waals surface area contributed by atoms with Crippen LogP contribution in [0.25, 0.3) is 0 Å². The van der Waals surface area contributed by atoms with Crippen LogP contribution in [0.4, 0.5) is 16.2 Å². The summed E-state index contributed by atoms with van der Waals surface area (Å²) >= 11 is 6.32. The smallest absolute Gasteiger partial charge is 0.288 e.